The number of ether oxygens (including phenoxy) is 5. The molecule has 1 fully saturated rings. The fourth-order valence-corrected chi connectivity index (χ4v) is 5.02. The summed E-state index contributed by atoms with van der Waals surface area (Å²) >= 11 is 0. The molecule has 1 amide bonds. The van der Waals surface area contributed by atoms with Crippen LogP contribution in [0.25, 0.3) is 0 Å². The topological polar surface area (TPSA) is 119 Å². The Morgan fingerprint density at radius 2 is 1.67 bits per heavy atom. The maximum absolute atomic E-state index is 13.3. The first-order valence-corrected chi connectivity index (χ1v) is 16.9. The van der Waals surface area contributed by atoms with E-state index in [9.17, 15) is 14.4 Å². The van der Waals surface area contributed by atoms with Crippen LogP contribution in [0.4, 0.5) is 4.79 Å². The molecule has 4 atom stereocenters. The summed E-state index contributed by atoms with van der Waals surface area (Å²) < 4.78 is 34.6. The molecule has 42 heavy (non-hydrogen) atoms. The Labute approximate surface area is 249 Å². The Bertz CT molecular complexity index is 1180. The van der Waals surface area contributed by atoms with Gasteiger partial charge in [-0.15, -0.1) is 0 Å². The normalized spacial score (nSPS) is 20.0. The zero-order chi connectivity index (χ0) is 30.9. The van der Waals surface area contributed by atoms with Crippen molar-refractivity contribution in [3.05, 3.63) is 65.7 Å². The van der Waals surface area contributed by atoms with Gasteiger partial charge in [-0.3, -0.25) is 9.59 Å². The number of benzene rings is 2. The number of carbonyl (C=O) groups is 3. The van der Waals surface area contributed by atoms with Gasteiger partial charge >= 0.3 is 12.1 Å². The predicted molar refractivity (Wildman–Crippen MR) is 158 cm³/mol. The fourth-order valence-electron chi connectivity index (χ4n) is 3.99. The Morgan fingerprint density at radius 3 is 2.26 bits per heavy atom. The zero-order valence-corrected chi connectivity index (χ0v) is 26.5. The molecule has 3 rings (SSSR count). The molecule has 230 valence electrons. The lowest BCUT2D eigenvalue weighted by Gasteiger charge is -2.40. The number of nitrogens with one attached hydrogen (secondary N) is 1. The molecule has 0 aliphatic carbocycles. The van der Waals surface area contributed by atoms with Crippen LogP contribution < -0.4 is 10.1 Å². The van der Waals surface area contributed by atoms with Gasteiger partial charge in [-0.1, -0.05) is 63.2 Å². The van der Waals surface area contributed by atoms with E-state index < -0.39 is 44.9 Å². The number of alkyl carbamates (subject to hydrolysis) is 1. The SMILES string of the molecule is COc1ccc(CO[C@@H]2O[C@H]([C@@H](CO[Si](C)(C)C(C)(C)C)NC(=O)OCc3ccccc3)CC(=O)[C@H]2OC(C)=O)cc1. The van der Waals surface area contributed by atoms with Gasteiger partial charge in [0.15, 0.2) is 14.1 Å². The lowest BCUT2D eigenvalue weighted by molar-refractivity contribution is -0.246. The van der Waals surface area contributed by atoms with Crippen molar-refractivity contribution in [1.29, 1.82) is 0 Å². The lowest BCUT2D eigenvalue weighted by atomic mass is 9.98. The van der Waals surface area contributed by atoms with Crippen molar-refractivity contribution in [3.63, 3.8) is 0 Å². The second-order valence-electron chi connectivity index (χ2n) is 11.8. The minimum atomic E-state index is -2.23. The average molecular weight is 602 g/mol. The molecule has 11 heteroatoms. The molecule has 0 unspecified atom stereocenters. The van der Waals surface area contributed by atoms with E-state index in [1.54, 1.807) is 19.2 Å². The fraction of sp³-hybridized carbons (Fsp3) is 0.516. The van der Waals surface area contributed by atoms with E-state index in [0.717, 1.165) is 11.1 Å². The Morgan fingerprint density at radius 1 is 1.02 bits per heavy atom. The molecule has 1 aliphatic heterocycles. The monoisotopic (exact) mass is 601 g/mol. The van der Waals surface area contributed by atoms with Crippen molar-refractivity contribution < 1.29 is 42.5 Å². The van der Waals surface area contributed by atoms with Crippen molar-refractivity contribution >= 4 is 26.2 Å². The molecular weight excluding hydrogens is 558 g/mol. The van der Waals surface area contributed by atoms with Crippen LogP contribution in [0.2, 0.25) is 18.1 Å². The number of ketones is 1. The highest BCUT2D eigenvalue weighted by Gasteiger charge is 2.45. The van der Waals surface area contributed by atoms with Crippen LogP contribution in [0.15, 0.2) is 54.6 Å². The number of hydrogen-bond acceptors (Lipinski definition) is 9. The Hall–Kier alpha value is -3.25. The molecule has 2 aromatic rings. The number of carbonyl (C=O) groups excluding carboxylic acids is 3. The summed E-state index contributed by atoms with van der Waals surface area (Å²) in [7, 11) is -0.656. The average Bonchev–Trinajstić information content (AvgIpc) is 2.94. The van der Waals surface area contributed by atoms with Gasteiger partial charge in [-0.05, 0) is 41.4 Å². The molecule has 1 saturated heterocycles. The largest absolute Gasteiger partial charge is 0.497 e. The maximum Gasteiger partial charge on any atom is 0.407 e. The molecule has 0 saturated carbocycles. The minimum absolute atomic E-state index is 0.0784. The summed E-state index contributed by atoms with van der Waals surface area (Å²) in [6.07, 6.45) is -4.05. The molecular formula is C31H43NO9Si. The number of amides is 1. The first-order chi connectivity index (χ1) is 19.8. The highest BCUT2D eigenvalue weighted by atomic mass is 28.4. The molecule has 10 nitrogen and oxygen atoms in total. The van der Waals surface area contributed by atoms with Gasteiger partial charge in [0.1, 0.15) is 12.4 Å². The molecule has 0 bridgehead atoms. The van der Waals surface area contributed by atoms with E-state index in [2.05, 4.69) is 39.2 Å². The van der Waals surface area contributed by atoms with Crippen molar-refractivity contribution in [1.82, 2.24) is 5.32 Å². The van der Waals surface area contributed by atoms with E-state index in [1.807, 2.05) is 42.5 Å². The smallest absolute Gasteiger partial charge is 0.407 e. The third-order valence-electron chi connectivity index (χ3n) is 7.54. The molecule has 0 spiro atoms. The summed E-state index contributed by atoms with van der Waals surface area (Å²) in [6, 6.07) is 15.8. The van der Waals surface area contributed by atoms with Crippen LogP contribution >= 0.6 is 0 Å². The third kappa shape index (κ3) is 9.65. The molecule has 1 heterocycles. The lowest BCUT2D eigenvalue weighted by Crippen LogP contribution is -2.58. The second-order valence-corrected chi connectivity index (χ2v) is 16.6. The van der Waals surface area contributed by atoms with Crippen LogP contribution in [0.5, 0.6) is 5.75 Å². The zero-order valence-electron chi connectivity index (χ0n) is 25.5. The number of methoxy groups -OCH3 is 1. The number of Topliss-reactive ketones (excluding diaryl/α,β-unsaturated/α-hetero) is 1. The van der Waals surface area contributed by atoms with Crippen molar-refractivity contribution in [2.75, 3.05) is 13.7 Å². The first kappa shape index (κ1) is 33.3. The van der Waals surface area contributed by atoms with E-state index in [0.29, 0.717) is 5.75 Å². The highest BCUT2D eigenvalue weighted by Crippen LogP contribution is 2.37. The quantitative estimate of drug-likeness (QED) is 0.260. The summed E-state index contributed by atoms with van der Waals surface area (Å²) in [6.45, 7) is 12.0. The number of hydrogen-bond donors (Lipinski definition) is 1. The molecule has 1 N–H and O–H groups in total. The van der Waals surface area contributed by atoms with Crippen molar-refractivity contribution in [3.8, 4) is 5.75 Å². The van der Waals surface area contributed by atoms with Gasteiger partial charge in [0.25, 0.3) is 0 Å². The predicted octanol–water partition coefficient (Wildman–Crippen LogP) is 5.14. The van der Waals surface area contributed by atoms with E-state index >= 15 is 0 Å². The van der Waals surface area contributed by atoms with Crippen LogP contribution in [-0.4, -0.2) is 64.4 Å². The molecule has 1 aliphatic rings. The highest BCUT2D eigenvalue weighted by molar-refractivity contribution is 6.74. The standard InChI is InChI=1S/C31H43NO9Si/c1-21(33)40-28-26(34)17-27(41-29(28)37-18-23-13-15-24(36-5)16-14-23)25(20-39-42(6,7)31(2,3)4)32-30(35)38-19-22-11-9-8-10-12-22/h8-16,25,27-29H,17-20H2,1-7H3,(H,32,35)/t25-,27+,28-,29-/m1/s1. The summed E-state index contributed by atoms with van der Waals surface area (Å²) in [5, 5.41) is 2.76. The van der Waals surface area contributed by atoms with Crippen LogP contribution in [0.1, 0.15) is 45.2 Å². The van der Waals surface area contributed by atoms with Gasteiger partial charge in [0.05, 0.1) is 32.5 Å². The molecule has 2 aromatic carbocycles. The van der Waals surface area contributed by atoms with Gasteiger partial charge in [-0.25, -0.2) is 4.79 Å². The van der Waals surface area contributed by atoms with Crippen molar-refractivity contribution in [2.24, 2.45) is 0 Å². The van der Waals surface area contributed by atoms with Gasteiger partial charge < -0.3 is 33.4 Å². The maximum atomic E-state index is 13.3. The first-order valence-electron chi connectivity index (χ1n) is 14.0. The van der Waals surface area contributed by atoms with Crippen LogP contribution in [0.3, 0.4) is 0 Å². The van der Waals surface area contributed by atoms with Crippen molar-refractivity contribution in [2.45, 2.75) is 90.0 Å². The Kier molecular flexibility index (Phi) is 11.7. The molecule has 0 aromatic heterocycles. The number of esters is 1. The van der Waals surface area contributed by atoms with Crippen LogP contribution in [-0.2, 0) is 46.2 Å². The van der Waals surface area contributed by atoms with E-state index in [4.69, 9.17) is 28.1 Å². The summed E-state index contributed by atoms with van der Waals surface area (Å²) in [5.41, 5.74) is 1.64. The Balaban J connectivity index is 1.78. The second kappa shape index (κ2) is 14.8. The van der Waals surface area contributed by atoms with Crippen LogP contribution in [0, 0.1) is 0 Å². The van der Waals surface area contributed by atoms with Gasteiger partial charge in [0, 0.05) is 13.3 Å². The van der Waals surface area contributed by atoms with Gasteiger partial charge in [0.2, 0.25) is 12.4 Å². The van der Waals surface area contributed by atoms with E-state index in [-0.39, 0.29) is 37.1 Å². The third-order valence-corrected chi connectivity index (χ3v) is 12.0. The summed E-state index contributed by atoms with van der Waals surface area (Å²) in [4.78, 5) is 38.0. The van der Waals surface area contributed by atoms with Gasteiger partial charge in [-0.2, -0.15) is 0 Å². The summed E-state index contributed by atoms with van der Waals surface area (Å²) in [5.74, 6) is -0.317. The number of rotatable bonds is 12. The minimum Gasteiger partial charge on any atom is -0.497 e. The molecule has 0 radical (unpaired) electrons. The van der Waals surface area contributed by atoms with E-state index in [1.165, 1.54) is 6.92 Å².